The van der Waals surface area contributed by atoms with Gasteiger partial charge in [0.05, 0.1) is 25.0 Å². The monoisotopic (exact) mass is 274 g/mol. The molecule has 0 aliphatic heterocycles. The van der Waals surface area contributed by atoms with Crippen LogP contribution in [0.1, 0.15) is 34.1 Å². The van der Waals surface area contributed by atoms with E-state index in [2.05, 4.69) is 16.4 Å². The first-order valence-electron chi connectivity index (χ1n) is 5.93. The molecule has 0 saturated heterocycles. The fourth-order valence-corrected chi connectivity index (χ4v) is 0.626. The standard InChI is InChI=1S/C9H16O4.C4H6O2/c1-4-8(7-11-5-2)9(10)13-12-6-3;1-3(2)4(5)6/h7H,4-6H2,1-3H3;1H2,2H3,(H,5,6). The molecule has 0 atom stereocenters. The minimum absolute atomic E-state index is 0.176. The number of carboxylic acid groups (broad SMARTS) is 1. The number of hydrogen-bond donors (Lipinski definition) is 1. The summed E-state index contributed by atoms with van der Waals surface area (Å²) in [5, 5.41) is 7.89. The fourth-order valence-electron chi connectivity index (χ4n) is 0.626. The van der Waals surface area contributed by atoms with Gasteiger partial charge in [-0.1, -0.05) is 13.5 Å². The Hall–Kier alpha value is -1.82. The summed E-state index contributed by atoms with van der Waals surface area (Å²) in [5.74, 6) is -1.42. The number of aliphatic carboxylic acids is 1. The van der Waals surface area contributed by atoms with Gasteiger partial charge in [0.15, 0.2) is 0 Å². The Bertz CT molecular complexity index is 307. The third kappa shape index (κ3) is 12.4. The number of carboxylic acids is 1. The lowest BCUT2D eigenvalue weighted by Gasteiger charge is -2.03. The van der Waals surface area contributed by atoms with E-state index in [1.807, 2.05) is 13.8 Å². The molecule has 6 heteroatoms. The van der Waals surface area contributed by atoms with Crippen LogP contribution in [0.5, 0.6) is 0 Å². The first kappa shape index (κ1) is 19.5. The normalized spacial score (nSPS) is 10.0. The van der Waals surface area contributed by atoms with Crippen LogP contribution in [0, 0.1) is 0 Å². The lowest BCUT2D eigenvalue weighted by Crippen LogP contribution is -2.08. The number of carbonyl (C=O) groups excluding carboxylic acids is 1. The first-order chi connectivity index (χ1) is 8.90. The molecule has 0 unspecified atom stereocenters. The van der Waals surface area contributed by atoms with E-state index in [0.717, 1.165) is 0 Å². The number of hydrogen-bond acceptors (Lipinski definition) is 5. The number of rotatable bonds is 7. The summed E-state index contributed by atoms with van der Waals surface area (Å²) >= 11 is 0. The van der Waals surface area contributed by atoms with Gasteiger partial charge in [-0.3, -0.25) is 4.89 Å². The van der Waals surface area contributed by atoms with E-state index in [0.29, 0.717) is 25.2 Å². The van der Waals surface area contributed by atoms with E-state index in [9.17, 15) is 9.59 Å². The van der Waals surface area contributed by atoms with Crippen LogP contribution < -0.4 is 0 Å². The molecule has 0 aliphatic carbocycles. The third-order valence-electron chi connectivity index (χ3n) is 1.65. The molecule has 0 spiro atoms. The second-order valence-electron chi connectivity index (χ2n) is 3.31. The van der Waals surface area contributed by atoms with Crippen molar-refractivity contribution in [1.82, 2.24) is 0 Å². The Kier molecular flexibility index (Phi) is 13.0. The molecule has 0 saturated carbocycles. The molecule has 6 nitrogen and oxygen atoms in total. The molecule has 19 heavy (non-hydrogen) atoms. The lowest BCUT2D eigenvalue weighted by atomic mass is 10.2. The Morgan fingerprint density at radius 1 is 1.21 bits per heavy atom. The topological polar surface area (TPSA) is 82.1 Å². The van der Waals surface area contributed by atoms with Gasteiger partial charge in [0.1, 0.15) is 0 Å². The zero-order valence-electron chi connectivity index (χ0n) is 11.9. The largest absolute Gasteiger partial charge is 0.501 e. The molecular weight excluding hydrogens is 252 g/mol. The van der Waals surface area contributed by atoms with Gasteiger partial charge in [-0.25, -0.2) is 9.59 Å². The zero-order chi connectivity index (χ0) is 15.3. The van der Waals surface area contributed by atoms with Crippen molar-refractivity contribution in [2.75, 3.05) is 13.2 Å². The second kappa shape index (κ2) is 12.6. The Balaban J connectivity index is 0. The first-order valence-corrected chi connectivity index (χ1v) is 5.93. The van der Waals surface area contributed by atoms with Gasteiger partial charge >= 0.3 is 11.9 Å². The maximum atomic E-state index is 11.1. The molecule has 0 radical (unpaired) electrons. The minimum Gasteiger partial charge on any atom is -0.501 e. The van der Waals surface area contributed by atoms with Crippen molar-refractivity contribution in [2.24, 2.45) is 0 Å². The van der Waals surface area contributed by atoms with Crippen molar-refractivity contribution >= 4 is 11.9 Å². The van der Waals surface area contributed by atoms with Gasteiger partial charge in [0.2, 0.25) is 0 Å². The van der Waals surface area contributed by atoms with Gasteiger partial charge in [-0.15, -0.1) is 0 Å². The third-order valence-corrected chi connectivity index (χ3v) is 1.65. The van der Waals surface area contributed by atoms with Crippen LogP contribution in [-0.2, 0) is 24.1 Å². The van der Waals surface area contributed by atoms with E-state index in [4.69, 9.17) is 9.84 Å². The van der Waals surface area contributed by atoms with Crippen LogP contribution in [0.4, 0.5) is 0 Å². The molecule has 0 fully saturated rings. The van der Waals surface area contributed by atoms with Crippen LogP contribution in [0.2, 0.25) is 0 Å². The van der Waals surface area contributed by atoms with Gasteiger partial charge < -0.3 is 9.84 Å². The van der Waals surface area contributed by atoms with Crippen LogP contribution in [0.15, 0.2) is 24.0 Å². The molecule has 0 aliphatic rings. The molecule has 0 amide bonds. The molecule has 0 rings (SSSR count). The summed E-state index contributed by atoms with van der Waals surface area (Å²) in [6.07, 6.45) is 1.97. The second-order valence-corrected chi connectivity index (χ2v) is 3.31. The van der Waals surface area contributed by atoms with E-state index in [1.165, 1.54) is 13.2 Å². The van der Waals surface area contributed by atoms with Crippen molar-refractivity contribution in [1.29, 1.82) is 0 Å². The summed E-state index contributed by atoms with van der Waals surface area (Å²) in [6.45, 7) is 10.9. The smallest absolute Gasteiger partial charge is 0.372 e. The van der Waals surface area contributed by atoms with Crippen molar-refractivity contribution in [3.63, 3.8) is 0 Å². The number of ether oxygens (including phenoxy) is 1. The quantitative estimate of drug-likeness (QED) is 0.332. The highest BCUT2D eigenvalue weighted by atomic mass is 17.2. The van der Waals surface area contributed by atoms with Crippen molar-refractivity contribution in [3.8, 4) is 0 Å². The SMILES string of the molecule is C=C(C)C(=O)O.CCOC=C(CC)C(=O)OOCC. The maximum absolute atomic E-state index is 11.1. The van der Waals surface area contributed by atoms with Crippen LogP contribution in [0.3, 0.4) is 0 Å². The molecule has 0 bridgehead atoms. The average Bonchev–Trinajstić information content (AvgIpc) is 2.37. The summed E-state index contributed by atoms with van der Waals surface area (Å²) in [7, 11) is 0. The van der Waals surface area contributed by atoms with Crippen molar-refractivity contribution < 1.29 is 29.2 Å². The Morgan fingerprint density at radius 3 is 2.05 bits per heavy atom. The maximum Gasteiger partial charge on any atom is 0.372 e. The Labute approximate surface area is 113 Å². The molecule has 110 valence electrons. The fraction of sp³-hybridized carbons (Fsp3) is 0.538. The molecule has 1 N–H and O–H groups in total. The average molecular weight is 274 g/mol. The highest BCUT2D eigenvalue weighted by Crippen LogP contribution is 2.04. The highest BCUT2D eigenvalue weighted by molar-refractivity contribution is 5.87. The summed E-state index contributed by atoms with van der Waals surface area (Å²) < 4.78 is 4.97. The molecule has 0 aromatic heterocycles. The van der Waals surface area contributed by atoms with E-state index in [-0.39, 0.29) is 5.57 Å². The van der Waals surface area contributed by atoms with E-state index >= 15 is 0 Å². The predicted octanol–water partition coefficient (Wildman–Crippen LogP) is 2.46. The van der Waals surface area contributed by atoms with Crippen LogP contribution >= 0.6 is 0 Å². The van der Waals surface area contributed by atoms with Gasteiger partial charge in [0.25, 0.3) is 0 Å². The lowest BCUT2D eigenvalue weighted by molar-refractivity contribution is -0.265. The van der Waals surface area contributed by atoms with Crippen LogP contribution in [0.25, 0.3) is 0 Å². The van der Waals surface area contributed by atoms with Crippen molar-refractivity contribution in [2.45, 2.75) is 34.1 Å². The van der Waals surface area contributed by atoms with E-state index < -0.39 is 11.9 Å². The van der Waals surface area contributed by atoms with Crippen molar-refractivity contribution in [3.05, 3.63) is 24.0 Å². The number of carbonyl (C=O) groups is 2. The summed E-state index contributed by atoms with van der Waals surface area (Å²) in [5.41, 5.74) is 0.644. The Morgan fingerprint density at radius 2 is 1.74 bits per heavy atom. The van der Waals surface area contributed by atoms with Gasteiger partial charge in [0, 0.05) is 5.57 Å². The molecule has 0 aromatic carbocycles. The zero-order valence-corrected chi connectivity index (χ0v) is 11.9. The molecule has 0 aromatic rings. The summed E-state index contributed by atoms with van der Waals surface area (Å²) in [6, 6.07) is 0. The minimum atomic E-state index is -0.935. The highest BCUT2D eigenvalue weighted by Gasteiger charge is 2.09. The predicted molar refractivity (Wildman–Crippen MR) is 70.2 cm³/mol. The van der Waals surface area contributed by atoms with E-state index in [1.54, 1.807) is 6.92 Å². The molecular formula is C13H22O6. The summed E-state index contributed by atoms with van der Waals surface area (Å²) in [4.78, 5) is 29.7. The van der Waals surface area contributed by atoms with Gasteiger partial charge in [-0.05, 0) is 27.2 Å². The van der Waals surface area contributed by atoms with Crippen LogP contribution in [-0.4, -0.2) is 30.3 Å². The molecule has 0 heterocycles. The van der Waals surface area contributed by atoms with Gasteiger partial charge in [-0.2, -0.15) is 4.89 Å².